The first-order valence-electron chi connectivity index (χ1n) is 12.6. The van der Waals surface area contributed by atoms with E-state index in [2.05, 4.69) is 41.4 Å². The van der Waals surface area contributed by atoms with Gasteiger partial charge in [0.15, 0.2) is 5.82 Å². The van der Waals surface area contributed by atoms with Gasteiger partial charge in [-0.05, 0) is 31.2 Å². The van der Waals surface area contributed by atoms with Crippen molar-refractivity contribution in [3.05, 3.63) is 61.3 Å². The number of hydrogen-bond donors (Lipinski definition) is 2. The molecule has 14 heteroatoms. The molecule has 0 aromatic carbocycles. The Morgan fingerprint density at radius 3 is 2.80 bits per heavy atom. The van der Waals surface area contributed by atoms with Crippen molar-refractivity contribution in [2.45, 2.75) is 43.4 Å². The molecular formula is C26H23F3N10O. The highest BCUT2D eigenvalue weighted by Gasteiger charge is 2.49. The summed E-state index contributed by atoms with van der Waals surface area (Å²) < 4.78 is 41.7. The molecule has 1 fully saturated rings. The topological polar surface area (TPSA) is 141 Å². The molecule has 4 aromatic rings. The summed E-state index contributed by atoms with van der Waals surface area (Å²) in [6, 6.07) is 2.25. The fourth-order valence-corrected chi connectivity index (χ4v) is 5.02. The molecule has 0 radical (unpaired) electrons. The van der Waals surface area contributed by atoms with Crippen LogP contribution in [0.4, 0.5) is 19.0 Å². The van der Waals surface area contributed by atoms with Gasteiger partial charge in [-0.2, -0.15) is 23.5 Å². The minimum absolute atomic E-state index is 0.145. The molecule has 6 rings (SSSR count). The van der Waals surface area contributed by atoms with Gasteiger partial charge < -0.3 is 15.2 Å². The zero-order valence-electron chi connectivity index (χ0n) is 21.0. The maximum atomic E-state index is 13.3. The van der Waals surface area contributed by atoms with Crippen LogP contribution in [0.25, 0.3) is 22.3 Å². The van der Waals surface area contributed by atoms with Crippen LogP contribution in [0.15, 0.2) is 55.7 Å². The lowest BCUT2D eigenvalue weighted by Crippen LogP contribution is -2.47. The van der Waals surface area contributed by atoms with E-state index < -0.39 is 29.6 Å². The van der Waals surface area contributed by atoms with Crippen molar-refractivity contribution in [3.8, 4) is 17.3 Å². The van der Waals surface area contributed by atoms with Gasteiger partial charge >= 0.3 is 6.18 Å². The van der Waals surface area contributed by atoms with Gasteiger partial charge in [0.2, 0.25) is 0 Å². The molecule has 2 N–H and O–H groups in total. The maximum Gasteiger partial charge on any atom is 0.408 e. The molecular weight excluding hydrogens is 525 g/mol. The molecule has 1 amide bonds. The average molecular weight is 549 g/mol. The third-order valence-corrected chi connectivity index (χ3v) is 7.25. The Kier molecular flexibility index (Phi) is 6.21. The van der Waals surface area contributed by atoms with E-state index in [4.69, 9.17) is 0 Å². The first-order chi connectivity index (χ1) is 19.3. The number of carbonyl (C=O) groups excluding carboxylic acids is 1. The van der Waals surface area contributed by atoms with Crippen LogP contribution in [-0.4, -0.2) is 59.4 Å². The summed E-state index contributed by atoms with van der Waals surface area (Å²) in [6.45, 7) is 0.319. The first-order valence-corrected chi connectivity index (χ1v) is 12.6. The standard InChI is InChI=1S/C26H23F3N10O/c27-26(28,29)22(16-2-3-16)37-24(40)19-11-33-20(12-32-19)38-9-1-5-25(14-38,6-7-30)39-13-17(10-36-39)21-18-4-8-31-23(18)35-15-34-21/h1,4,8-13,15-16,22H,2-3,5-6,14H2,(H,37,40)(H,31,34,35)/t22-,25?/m0/s1. The second kappa shape index (κ2) is 9.74. The van der Waals surface area contributed by atoms with Gasteiger partial charge in [0.1, 0.15) is 23.7 Å². The highest BCUT2D eigenvalue weighted by molar-refractivity contribution is 5.92. The number of nitrogens with one attached hydrogen (secondary N) is 2. The molecule has 1 unspecified atom stereocenters. The number of nitriles is 1. The number of aromatic nitrogens is 7. The van der Waals surface area contributed by atoms with Gasteiger partial charge in [-0.1, -0.05) is 6.08 Å². The molecule has 0 bridgehead atoms. The predicted octanol–water partition coefficient (Wildman–Crippen LogP) is 3.72. The summed E-state index contributed by atoms with van der Waals surface area (Å²) >= 11 is 0. The highest BCUT2D eigenvalue weighted by atomic mass is 19.4. The molecule has 204 valence electrons. The van der Waals surface area contributed by atoms with Gasteiger partial charge in [-0.15, -0.1) is 0 Å². The third kappa shape index (κ3) is 4.74. The number of allylic oxidation sites excluding steroid dienone is 1. The van der Waals surface area contributed by atoms with E-state index in [1.807, 2.05) is 18.3 Å². The molecule has 1 aliphatic carbocycles. The minimum Gasteiger partial charge on any atom is -0.346 e. The molecule has 0 spiro atoms. The van der Waals surface area contributed by atoms with E-state index in [1.54, 1.807) is 28.2 Å². The highest BCUT2D eigenvalue weighted by Crippen LogP contribution is 2.40. The van der Waals surface area contributed by atoms with E-state index in [-0.39, 0.29) is 12.1 Å². The van der Waals surface area contributed by atoms with Crippen LogP contribution in [0.1, 0.15) is 36.2 Å². The number of rotatable bonds is 7. The predicted molar refractivity (Wildman–Crippen MR) is 136 cm³/mol. The van der Waals surface area contributed by atoms with Crippen LogP contribution in [-0.2, 0) is 5.54 Å². The monoisotopic (exact) mass is 548 g/mol. The summed E-state index contributed by atoms with van der Waals surface area (Å²) in [5, 5.41) is 17.2. The van der Waals surface area contributed by atoms with Gasteiger partial charge in [-0.25, -0.2) is 19.9 Å². The van der Waals surface area contributed by atoms with Crippen LogP contribution in [0.3, 0.4) is 0 Å². The second-order valence-corrected chi connectivity index (χ2v) is 10.0. The molecule has 1 aliphatic heterocycles. The van der Waals surface area contributed by atoms with Crippen molar-refractivity contribution >= 4 is 22.8 Å². The number of H-pyrrole nitrogens is 1. The van der Waals surface area contributed by atoms with Gasteiger partial charge in [0.05, 0.1) is 48.9 Å². The van der Waals surface area contributed by atoms with Crippen molar-refractivity contribution in [2.75, 3.05) is 11.4 Å². The molecule has 5 heterocycles. The Bertz CT molecular complexity index is 1620. The van der Waals surface area contributed by atoms with Gasteiger partial charge in [0.25, 0.3) is 5.91 Å². The van der Waals surface area contributed by atoms with Crippen LogP contribution < -0.4 is 10.2 Å². The van der Waals surface area contributed by atoms with Crippen LogP contribution in [0, 0.1) is 17.2 Å². The average Bonchev–Trinajstić information content (AvgIpc) is 3.43. The molecule has 0 saturated heterocycles. The van der Waals surface area contributed by atoms with Crippen molar-refractivity contribution in [1.29, 1.82) is 5.26 Å². The fraction of sp³-hybridized carbons (Fsp3) is 0.346. The SMILES string of the molecule is N#CCC1(n2cc(-c3ncnc4[nH]ccc34)cn2)CC=CN(c2cnc(C(=O)N[C@@H](C3CC3)C(F)(F)F)cn2)C1. The normalized spacial score (nSPS) is 19.9. The fourth-order valence-electron chi connectivity index (χ4n) is 5.02. The minimum atomic E-state index is -4.53. The zero-order chi connectivity index (χ0) is 27.9. The lowest BCUT2D eigenvalue weighted by molar-refractivity contribution is -0.158. The van der Waals surface area contributed by atoms with Crippen molar-refractivity contribution < 1.29 is 18.0 Å². The quantitative estimate of drug-likeness (QED) is 0.356. The van der Waals surface area contributed by atoms with Crippen molar-refractivity contribution in [1.82, 2.24) is 40.0 Å². The van der Waals surface area contributed by atoms with E-state index in [9.17, 15) is 23.2 Å². The summed E-state index contributed by atoms with van der Waals surface area (Å²) in [5.74, 6) is -1.15. The number of hydrogen-bond acceptors (Lipinski definition) is 8. The van der Waals surface area contributed by atoms with E-state index >= 15 is 0 Å². The molecule has 4 aromatic heterocycles. The van der Waals surface area contributed by atoms with Gasteiger partial charge in [-0.3, -0.25) is 9.48 Å². The lowest BCUT2D eigenvalue weighted by atomic mass is 9.89. The summed E-state index contributed by atoms with van der Waals surface area (Å²) in [6.07, 6.45) is 9.96. The number of alkyl halides is 3. The number of amides is 1. The first kappa shape index (κ1) is 25.5. The Hall–Kier alpha value is -4.80. The number of anilines is 1. The smallest absolute Gasteiger partial charge is 0.346 e. The van der Waals surface area contributed by atoms with E-state index in [1.165, 1.54) is 12.5 Å². The van der Waals surface area contributed by atoms with Gasteiger partial charge in [0, 0.05) is 29.5 Å². The number of nitrogens with zero attached hydrogens (tertiary/aromatic N) is 8. The third-order valence-electron chi connectivity index (χ3n) is 7.25. The summed E-state index contributed by atoms with van der Waals surface area (Å²) in [7, 11) is 0. The van der Waals surface area contributed by atoms with Crippen molar-refractivity contribution in [2.24, 2.45) is 5.92 Å². The number of aromatic amines is 1. The Morgan fingerprint density at radius 1 is 1.23 bits per heavy atom. The van der Waals surface area contributed by atoms with Crippen molar-refractivity contribution in [3.63, 3.8) is 0 Å². The second-order valence-electron chi connectivity index (χ2n) is 10.0. The number of halogens is 3. The van der Waals surface area contributed by atoms with Crippen LogP contribution >= 0.6 is 0 Å². The Balaban J connectivity index is 1.22. The zero-order valence-corrected chi connectivity index (χ0v) is 21.0. The molecule has 2 aliphatic rings. The molecule has 1 saturated carbocycles. The van der Waals surface area contributed by atoms with E-state index in [0.29, 0.717) is 43.0 Å². The molecule has 2 atom stereocenters. The lowest BCUT2D eigenvalue weighted by Gasteiger charge is -2.38. The van der Waals surface area contributed by atoms with Crippen LogP contribution in [0.2, 0.25) is 0 Å². The molecule has 40 heavy (non-hydrogen) atoms. The molecule has 11 nitrogen and oxygen atoms in total. The summed E-state index contributed by atoms with van der Waals surface area (Å²) in [4.78, 5) is 34.3. The van der Waals surface area contributed by atoms with E-state index in [0.717, 1.165) is 17.1 Å². The Labute approximate surface area is 225 Å². The largest absolute Gasteiger partial charge is 0.408 e. The number of carbonyl (C=O) groups is 1. The number of fused-ring (bicyclic) bond motifs is 1. The Morgan fingerprint density at radius 2 is 2.08 bits per heavy atom. The maximum absolute atomic E-state index is 13.3. The summed E-state index contributed by atoms with van der Waals surface area (Å²) in [5.41, 5.74) is 1.23. The van der Waals surface area contributed by atoms with Crippen LogP contribution in [0.5, 0.6) is 0 Å².